The summed E-state index contributed by atoms with van der Waals surface area (Å²) in [7, 11) is 0. The third-order valence-corrected chi connectivity index (χ3v) is 4.36. The number of nitrogens with zero attached hydrogens (tertiary/aromatic N) is 3. The van der Waals surface area contributed by atoms with Gasteiger partial charge in [0.15, 0.2) is 5.69 Å². The fourth-order valence-electron chi connectivity index (χ4n) is 2.96. The van der Waals surface area contributed by atoms with E-state index in [1.54, 1.807) is 9.47 Å². The zero-order chi connectivity index (χ0) is 17.8. The minimum absolute atomic E-state index is 0.0266. The maximum Gasteiger partial charge on any atom is 0.410 e. The van der Waals surface area contributed by atoms with E-state index in [4.69, 9.17) is 15.6 Å². The van der Waals surface area contributed by atoms with Gasteiger partial charge in [-0.05, 0) is 18.4 Å². The number of nitrogens with two attached hydrogens (primary N) is 1. The fraction of sp³-hybridized carbons (Fsp3) is 0.353. The Bertz CT molecular complexity index is 751. The number of aromatic nitrogens is 2. The van der Waals surface area contributed by atoms with Crippen LogP contribution in [0, 0.1) is 0 Å². The zero-order valence-electron chi connectivity index (χ0n) is 13.7. The van der Waals surface area contributed by atoms with Gasteiger partial charge >= 0.3 is 12.1 Å². The Morgan fingerprint density at radius 1 is 1.24 bits per heavy atom. The second kappa shape index (κ2) is 7.25. The van der Waals surface area contributed by atoms with E-state index < -0.39 is 5.97 Å². The minimum atomic E-state index is -1.14. The summed E-state index contributed by atoms with van der Waals surface area (Å²) < 4.78 is 7.01. The van der Waals surface area contributed by atoms with Crippen molar-refractivity contribution in [1.82, 2.24) is 14.5 Å². The summed E-state index contributed by atoms with van der Waals surface area (Å²) in [5.74, 6) is -0.990. The van der Waals surface area contributed by atoms with Gasteiger partial charge in [0.05, 0.1) is 6.33 Å². The van der Waals surface area contributed by atoms with E-state index in [1.807, 2.05) is 30.3 Å². The summed E-state index contributed by atoms with van der Waals surface area (Å²) in [6.45, 7) is 1.30. The van der Waals surface area contributed by atoms with E-state index in [0.717, 1.165) is 5.56 Å². The SMILES string of the molecule is Nc1c(C(=O)O)ncn1C1CCN(C(=O)OCc2ccccc2)CC1. The van der Waals surface area contributed by atoms with Gasteiger partial charge in [0.25, 0.3) is 0 Å². The number of imidazole rings is 1. The van der Waals surface area contributed by atoms with Gasteiger partial charge in [-0.2, -0.15) is 0 Å². The highest BCUT2D eigenvalue weighted by Gasteiger charge is 2.27. The topological polar surface area (TPSA) is 111 Å². The summed E-state index contributed by atoms with van der Waals surface area (Å²) in [4.78, 5) is 28.7. The van der Waals surface area contributed by atoms with Crippen molar-refractivity contribution in [2.75, 3.05) is 18.8 Å². The average molecular weight is 344 g/mol. The Hall–Kier alpha value is -3.03. The fourth-order valence-corrected chi connectivity index (χ4v) is 2.96. The molecule has 8 heteroatoms. The average Bonchev–Trinajstić information content (AvgIpc) is 3.02. The lowest BCUT2D eigenvalue weighted by molar-refractivity contribution is 0.0692. The van der Waals surface area contributed by atoms with Crippen molar-refractivity contribution in [3.05, 3.63) is 47.9 Å². The monoisotopic (exact) mass is 344 g/mol. The van der Waals surface area contributed by atoms with Crippen molar-refractivity contribution in [3.8, 4) is 0 Å². The normalized spacial score (nSPS) is 15.1. The van der Waals surface area contributed by atoms with E-state index in [-0.39, 0.29) is 30.3 Å². The van der Waals surface area contributed by atoms with Crippen LogP contribution in [-0.2, 0) is 11.3 Å². The number of benzene rings is 1. The predicted octanol–water partition coefficient (Wildman–Crippen LogP) is 2.14. The van der Waals surface area contributed by atoms with E-state index in [1.165, 1.54) is 6.33 Å². The first-order valence-corrected chi connectivity index (χ1v) is 8.07. The maximum absolute atomic E-state index is 12.2. The number of amides is 1. The molecular formula is C17H20N4O4. The van der Waals surface area contributed by atoms with Crippen molar-refractivity contribution in [2.24, 2.45) is 0 Å². The van der Waals surface area contributed by atoms with Crippen molar-refractivity contribution >= 4 is 17.9 Å². The molecule has 2 heterocycles. The number of anilines is 1. The molecule has 0 spiro atoms. The number of rotatable bonds is 4. The van der Waals surface area contributed by atoms with Crippen LogP contribution < -0.4 is 5.73 Å². The smallest absolute Gasteiger partial charge is 0.410 e. The summed E-state index contributed by atoms with van der Waals surface area (Å²) in [6.07, 6.45) is 2.44. The standard InChI is InChI=1S/C17H20N4O4/c18-15-14(16(22)23)19-11-21(15)13-6-8-20(9-7-13)17(24)25-10-12-4-2-1-3-5-12/h1-5,11,13H,6-10,18H2,(H,22,23). The van der Waals surface area contributed by atoms with Crippen LogP contribution in [-0.4, -0.2) is 44.7 Å². The number of aromatic carboxylic acids is 1. The lowest BCUT2D eigenvalue weighted by atomic mass is 10.1. The molecule has 1 amide bonds. The Kier molecular flexibility index (Phi) is 4.87. The number of carboxylic acid groups (broad SMARTS) is 1. The van der Waals surface area contributed by atoms with Gasteiger partial charge in [-0.15, -0.1) is 0 Å². The quantitative estimate of drug-likeness (QED) is 0.879. The highest BCUT2D eigenvalue weighted by molar-refractivity contribution is 5.90. The largest absolute Gasteiger partial charge is 0.476 e. The maximum atomic E-state index is 12.2. The van der Waals surface area contributed by atoms with Crippen LogP contribution in [0.3, 0.4) is 0 Å². The number of likely N-dealkylation sites (tertiary alicyclic amines) is 1. The predicted molar refractivity (Wildman–Crippen MR) is 90.1 cm³/mol. The van der Waals surface area contributed by atoms with Gasteiger partial charge in [0.1, 0.15) is 12.4 Å². The lowest BCUT2D eigenvalue weighted by Gasteiger charge is -2.32. The third-order valence-electron chi connectivity index (χ3n) is 4.36. The number of carboxylic acids is 1. The number of piperidine rings is 1. The summed E-state index contributed by atoms with van der Waals surface area (Å²) in [6, 6.07) is 9.54. The number of nitrogen functional groups attached to an aromatic ring is 1. The highest BCUT2D eigenvalue weighted by Crippen LogP contribution is 2.26. The first-order valence-electron chi connectivity index (χ1n) is 8.07. The Morgan fingerprint density at radius 3 is 2.52 bits per heavy atom. The van der Waals surface area contributed by atoms with Crippen LogP contribution in [0.2, 0.25) is 0 Å². The lowest BCUT2D eigenvalue weighted by Crippen LogP contribution is -2.39. The molecule has 3 N–H and O–H groups in total. The molecule has 0 unspecified atom stereocenters. The number of hydrogen-bond donors (Lipinski definition) is 2. The molecule has 1 aromatic carbocycles. The molecule has 0 radical (unpaired) electrons. The van der Waals surface area contributed by atoms with Crippen LogP contribution in [0.1, 0.15) is 34.9 Å². The molecule has 8 nitrogen and oxygen atoms in total. The van der Waals surface area contributed by atoms with Crippen molar-refractivity contribution < 1.29 is 19.4 Å². The molecule has 1 saturated heterocycles. The van der Waals surface area contributed by atoms with E-state index in [0.29, 0.717) is 25.9 Å². The van der Waals surface area contributed by atoms with Crippen LogP contribution in [0.15, 0.2) is 36.7 Å². The molecule has 2 aromatic rings. The molecule has 0 atom stereocenters. The molecule has 1 aliphatic rings. The van der Waals surface area contributed by atoms with E-state index in [9.17, 15) is 9.59 Å². The number of carbonyl (C=O) groups is 2. The highest BCUT2D eigenvalue weighted by atomic mass is 16.6. The van der Waals surface area contributed by atoms with E-state index in [2.05, 4.69) is 4.98 Å². The second-order valence-electron chi connectivity index (χ2n) is 5.95. The van der Waals surface area contributed by atoms with Crippen LogP contribution in [0.4, 0.5) is 10.6 Å². The molecular weight excluding hydrogens is 324 g/mol. The molecule has 1 fully saturated rings. The first-order chi connectivity index (χ1) is 12.1. The first kappa shape index (κ1) is 16.8. The Morgan fingerprint density at radius 2 is 1.92 bits per heavy atom. The van der Waals surface area contributed by atoms with Gasteiger partial charge in [-0.3, -0.25) is 0 Å². The van der Waals surface area contributed by atoms with Gasteiger partial charge in [0, 0.05) is 19.1 Å². The van der Waals surface area contributed by atoms with Crippen LogP contribution in [0.5, 0.6) is 0 Å². The molecule has 132 valence electrons. The summed E-state index contributed by atoms with van der Waals surface area (Å²) >= 11 is 0. The minimum Gasteiger partial charge on any atom is -0.476 e. The molecule has 1 aliphatic heterocycles. The van der Waals surface area contributed by atoms with E-state index >= 15 is 0 Å². The molecule has 3 rings (SSSR count). The molecule has 0 aliphatic carbocycles. The van der Waals surface area contributed by atoms with Crippen LogP contribution in [0.25, 0.3) is 0 Å². The molecule has 0 saturated carbocycles. The van der Waals surface area contributed by atoms with Gasteiger partial charge in [0.2, 0.25) is 0 Å². The number of carbonyl (C=O) groups excluding carboxylic acids is 1. The Balaban J connectivity index is 1.53. The number of hydrogen-bond acceptors (Lipinski definition) is 5. The zero-order valence-corrected chi connectivity index (χ0v) is 13.7. The summed E-state index contributed by atoms with van der Waals surface area (Å²) in [5.41, 5.74) is 6.66. The number of ether oxygens (including phenoxy) is 1. The molecule has 1 aromatic heterocycles. The van der Waals surface area contributed by atoms with Crippen molar-refractivity contribution in [3.63, 3.8) is 0 Å². The van der Waals surface area contributed by atoms with Crippen molar-refractivity contribution in [1.29, 1.82) is 0 Å². The van der Waals surface area contributed by atoms with Gasteiger partial charge < -0.3 is 25.0 Å². The van der Waals surface area contributed by atoms with Crippen molar-refractivity contribution in [2.45, 2.75) is 25.5 Å². The second-order valence-corrected chi connectivity index (χ2v) is 5.95. The molecule has 0 bridgehead atoms. The third kappa shape index (κ3) is 3.73. The Labute approximate surface area is 144 Å². The van der Waals surface area contributed by atoms with Gasteiger partial charge in [-0.1, -0.05) is 30.3 Å². The summed E-state index contributed by atoms with van der Waals surface area (Å²) in [5, 5.41) is 9.02. The van der Waals surface area contributed by atoms with Gasteiger partial charge in [-0.25, -0.2) is 14.6 Å². The van der Waals surface area contributed by atoms with Crippen LogP contribution >= 0.6 is 0 Å². The molecule has 25 heavy (non-hydrogen) atoms.